The topological polar surface area (TPSA) is 57.7 Å². The lowest BCUT2D eigenvalue weighted by molar-refractivity contribution is -0.123. The molecule has 5 nitrogen and oxygen atoms in total. The highest BCUT2D eigenvalue weighted by Crippen LogP contribution is 2.36. The first kappa shape index (κ1) is 19.8. The molecule has 0 aliphatic carbocycles. The average molecular weight is 437 g/mol. The van der Waals surface area contributed by atoms with Gasteiger partial charge in [-0.05, 0) is 49.2 Å². The number of sulfonamides is 1. The van der Waals surface area contributed by atoms with Crippen LogP contribution < -0.4 is 4.90 Å². The second kappa shape index (κ2) is 8.06. The van der Waals surface area contributed by atoms with Gasteiger partial charge in [-0.3, -0.25) is 4.79 Å². The molecule has 148 valence electrons. The van der Waals surface area contributed by atoms with Crippen LogP contribution in [0.2, 0.25) is 5.02 Å². The van der Waals surface area contributed by atoms with E-state index in [0.29, 0.717) is 37.5 Å². The van der Waals surface area contributed by atoms with Gasteiger partial charge in [-0.25, -0.2) is 8.42 Å². The molecule has 2 aliphatic rings. The number of carbonyl (C=O) groups excluding carboxylic acids is 1. The number of hydrogen-bond donors (Lipinski definition) is 0. The zero-order valence-corrected chi connectivity index (χ0v) is 17.6. The molecule has 2 aromatic rings. The maximum absolute atomic E-state index is 13.1. The SMILES string of the molecule is O=C(C1CCN(S(=O)(=O)c2ccc(Cl)cc2)CC1)N1CCSc2ccccc21. The average Bonchev–Trinajstić information content (AvgIpc) is 2.73. The number of hydrogen-bond acceptors (Lipinski definition) is 4. The van der Waals surface area contributed by atoms with E-state index in [-0.39, 0.29) is 16.7 Å². The van der Waals surface area contributed by atoms with E-state index < -0.39 is 10.0 Å². The summed E-state index contributed by atoms with van der Waals surface area (Å²) in [5, 5.41) is 0.503. The van der Waals surface area contributed by atoms with Crippen LogP contribution in [0.3, 0.4) is 0 Å². The van der Waals surface area contributed by atoms with E-state index in [4.69, 9.17) is 11.6 Å². The standard InChI is InChI=1S/C20H21ClN2O3S2/c21-16-5-7-17(8-6-16)28(25,26)22-11-9-15(10-12-22)20(24)23-13-14-27-19-4-2-1-3-18(19)23/h1-8,15H,9-14H2. The number of halogens is 1. The van der Waals surface area contributed by atoms with E-state index in [1.165, 1.54) is 16.4 Å². The van der Waals surface area contributed by atoms with Crippen molar-refractivity contribution in [3.8, 4) is 0 Å². The van der Waals surface area contributed by atoms with Crippen LogP contribution in [-0.4, -0.2) is 44.0 Å². The van der Waals surface area contributed by atoms with Crippen LogP contribution in [0.25, 0.3) is 0 Å². The Morgan fingerprint density at radius 3 is 2.39 bits per heavy atom. The predicted octanol–water partition coefficient (Wildman–Crippen LogP) is 3.88. The van der Waals surface area contributed by atoms with Crippen LogP contribution in [0, 0.1) is 5.92 Å². The molecule has 0 atom stereocenters. The Hall–Kier alpha value is -1.54. The summed E-state index contributed by atoms with van der Waals surface area (Å²) in [6, 6.07) is 14.2. The van der Waals surface area contributed by atoms with Crippen molar-refractivity contribution in [2.45, 2.75) is 22.6 Å². The number of nitrogens with zero attached hydrogens (tertiary/aromatic N) is 2. The Morgan fingerprint density at radius 2 is 1.68 bits per heavy atom. The third kappa shape index (κ3) is 3.81. The Bertz CT molecular complexity index is 971. The number of rotatable bonds is 3. The Kier molecular flexibility index (Phi) is 5.69. The van der Waals surface area contributed by atoms with E-state index in [1.807, 2.05) is 29.2 Å². The van der Waals surface area contributed by atoms with Crippen LogP contribution in [0.15, 0.2) is 58.3 Å². The van der Waals surface area contributed by atoms with Crippen LogP contribution in [0.1, 0.15) is 12.8 Å². The van der Waals surface area contributed by atoms with Gasteiger partial charge in [0.1, 0.15) is 0 Å². The van der Waals surface area contributed by atoms with E-state index >= 15 is 0 Å². The maximum Gasteiger partial charge on any atom is 0.243 e. The molecule has 0 saturated carbocycles. The summed E-state index contributed by atoms with van der Waals surface area (Å²) in [6.07, 6.45) is 1.08. The van der Waals surface area contributed by atoms with Crippen molar-refractivity contribution in [3.63, 3.8) is 0 Å². The molecule has 0 bridgehead atoms. The van der Waals surface area contributed by atoms with Gasteiger partial charge >= 0.3 is 0 Å². The van der Waals surface area contributed by atoms with Crippen molar-refractivity contribution in [2.24, 2.45) is 5.92 Å². The summed E-state index contributed by atoms with van der Waals surface area (Å²) in [5.74, 6) is 0.844. The van der Waals surface area contributed by atoms with Crippen molar-refractivity contribution >= 4 is 45.0 Å². The van der Waals surface area contributed by atoms with Crippen LogP contribution >= 0.6 is 23.4 Å². The third-order valence-corrected chi connectivity index (χ3v) is 8.46. The van der Waals surface area contributed by atoms with Gasteiger partial charge in [-0.1, -0.05) is 23.7 Å². The zero-order chi connectivity index (χ0) is 19.7. The van der Waals surface area contributed by atoms with Crippen molar-refractivity contribution in [1.29, 1.82) is 0 Å². The molecule has 2 aliphatic heterocycles. The second-order valence-electron chi connectivity index (χ2n) is 6.94. The summed E-state index contributed by atoms with van der Waals surface area (Å²) in [4.78, 5) is 16.4. The largest absolute Gasteiger partial charge is 0.310 e. The summed E-state index contributed by atoms with van der Waals surface area (Å²) in [6.45, 7) is 1.40. The molecule has 8 heteroatoms. The lowest BCUT2D eigenvalue weighted by Crippen LogP contribution is -2.45. The second-order valence-corrected chi connectivity index (χ2v) is 10.4. The van der Waals surface area contributed by atoms with Crippen molar-refractivity contribution in [2.75, 3.05) is 30.3 Å². The quantitative estimate of drug-likeness (QED) is 0.732. The van der Waals surface area contributed by atoms with Crippen LogP contribution in [0.4, 0.5) is 5.69 Å². The fourth-order valence-corrected chi connectivity index (χ4v) is 6.31. The number of fused-ring (bicyclic) bond motifs is 1. The molecule has 1 fully saturated rings. The third-order valence-electron chi connectivity index (χ3n) is 5.25. The van der Waals surface area contributed by atoms with E-state index in [9.17, 15) is 13.2 Å². The molecular formula is C20H21ClN2O3S2. The summed E-state index contributed by atoms with van der Waals surface area (Å²) in [7, 11) is -3.55. The van der Waals surface area contributed by atoms with Crippen LogP contribution in [0.5, 0.6) is 0 Å². The van der Waals surface area contributed by atoms with Gasteiger partial charge in [0.05, 0.1) is 10.6 Å². The van der Waals surface area contributed by atoms with Gasteiger partial charge in [-0.2, -0.15) is 4.31 Å². The zero-order valence-electron chi connectivity index (χ0n) is 15.3. The van der Waals surface area contributed by atoms with E-state index in [1.54, 1.807) is 23.9 Å². The molecule has 2 aromatic carbocycles. The minimum atomic E-state index is -3.55. The van der Waals surface area contributed by atoms with E-state index in [0.717, 1.165) is 16.3 Å². The van der Waals surface area contributed by atoms with Gasteiger partial charge in [0, 0.05) is 41.2 Å². The molecule has 0 unspecified atom stereocenters. The van der Waals surface area contributed by atoms with Gasteiger partial charge < -0.3 is 4.90 Å². The van der Waals surface area contributed by atoms with Crippen molar-refractivity contribution in [3.05, 3.63) is 53.6 Å². The lowest BCUT2D eigenvalue weighted by atomic mass is 9.96. The molecule has 0 spiro atoms. The molecular weight excluding hydrogens is 416 g/mol. The first-order valence-electron chi connectivity index (χ1n) is 9.26. The lowest BCUT2D eigenvalue weighted by Gasteiger charge is -2.35. The van der Waals surface area contributed by atoms with E-state index in [2.05, 4.69) is 0 Å². The Labute approximate surface area is 174 Å². The number of para-hydroxylation sites is 1. The summed E-state index contributed by atoms with van der Waals surface area (Å²) < 4.78 is 27.1. The molecule has 28 heavy (non-hydrogen) atoms. The fraction of sp³-hybridized carbons (Fsp3) is 0.350. The summed E-state index contributed by atoms with van der Waals surface area (Å²) in [5.41, 5.74) is 0.972. The minimum Gasteiger partial charge on any atom is -0.310 e. The number of benzene rings is 2. The molecule has 4 rings (SSSR count). The van der Waals surface area contributed by atoms with Gasteiger partial charge in [-0.15, -0.1) is 11.8 Å². The maximum atomic E-state index is 13.1. The Morgan fingerprint density at radius 1 is 1.00 bits per heavy atom. The van der Waals surface area contributed by atoms with Gasteiger partial charge in [0.2, 0.25) is 15.9 Å². The molecule has 1 saturated heterocycles. The summed E-state index contributed by atoms with van der Waals surface area (Å²) >= 11 is 7.63. The fourth-order valence-electron chi connectivity index (χ4n) is 3.72. The highest BCUT2D eigenvalue weighted by atomic mass is 35.5. The van der Waals surface area contributed by atoms with Crippen LogP contribution in [-0.2, 0) is 14.8 Å². The highest BCUT2D eigenvalue weighted by molar-refractivity contribution is 7.99. The first-order valence-corrected chi connectivity index (χ1v) is 12.1. The highest BCUT2D eigenvalue weighted by Gasteiger charge is 2.35. The number of piperidine rings is 1. The van der Waals surface area contributed by atoms with Crippen molar-refractivity contribution in [1.82, 2.24) is 4.31 Å². The minimum absolute atomic E-state index is 0.108. The Balaban J connectivity index is 1.45. The molecule has 0 N–H and O–H groups in total. The molecule has 1 amide bonds. The first-order chi connectivity index (χ1) is 13.5. The van der Waals surface area contributed by atoms with Crippen molar-refractivity contribution < 1.29 is 13.2 Å². The molecule has 0 aromatic heterocycles. The molecule has 2 heterocycles. The number of carbonyl (C=O) groups is 1. The van der Waals surface area contributed by atoms with Gasteiger partial charge in [0.15, 0.2) is 0 Å². The number of thioether (sulfide) groups is 1. The number of anilines is 1. The van der Waals surface area contributed by atoms with Gasteiger partial charge in [0.25, 0.3) is 0 Å². The predicted molar refractivity (Wildman–Crippen MR) is 112 cm³/mol. The smallest absolute Gasteiger partial charge is 0.243 e. The monoisotopic (exact) mass is 436 g/mol. The number of amides is 1. The normalized spacial score (nSPS) is 18.7. The molecule has 0 radical (unpaired) electrons.